The van der Waals surface area contributed by atoms with Gasteiger partial charge >= 0.3 is 0 Å². The summed E-state index contributed by atoms with van der Waals surface area (Å²) >= 11 is 1.95. The maximum absolute atomic E-state index is 5.94. The molecule has 0 atom stereocenters. The number of nitrogens with two attached hydrogens (primary N) is 1. The molecule has 0 bridgehead atoms. The van der Waals surface area contributed by atoms with E-state index in [0.29, 0.717) is 11.3 Å². The molecule has 1 saturated carbocycles. The lowest BCUT2D eigenvalue weighted by molar-refractivity contribution is 0.404. The highest BCUT2D eigenvalue weighted by Gasteiger charge is 2.20. The minimum Gasteiger partial charge on any atom is -0.496 e. The summed E-state index contributed by atoms with van der Waals surface area (Å²) in [6.07, 6.45) is 4.77. The predicted molar refractivity (Wildman–Crippen MR) is 73.8 cm³/mol. The van der Waals surface area contributed by atoms with Gasteiger partial charge in [-0.15, -0.1) is 11.8 Å². The number of ether oxygens (including phenoxy) is 1. The van der Waals surface area contributed by atoms with E-state index in [1.807, 2.05) is 11.8 Å². The number of methoxy groups -OCH3 is 1. The summed E-state index contributed by atoms with van der Waals surface area (Å²) in [4.78, 5) is 1.27. The highest BCUT2D eigenvalue weighted by atomic mass is 32.2. The molecule has 0 heterocycles. The number of thioether (sulfide) groups is 1. The Kier molecular flexibility index (Phi) is 4.35. The Morgan fingerprint density at radius 2 is 1.94 bits per heavy atom. The molecule has 2 nitrogen and oxygen atoms in total. The summed E-state index contributed by atoms with van der Waals surface area (Å²) < 4.78 is 5.42. The molecule has 0 aromatic heterocycles. The third kappa shape index (κ3) is 3.39. The second kappa shape index (κ2) is 5.78. The number of benzene rings is 1. The van der Waals surface area contributed by atoms with Gasteiger partial charge in [0.1, 0.15) is 5.75 Å². The summed E-state index contributed by atoms with van der Waals surface area (Å²) in [5.41, 5.74) is 7.23. The first-order valence-corrected chi connectivity index (χ1v) is 7.14. The normalized spacial score (nSPS) is 24.6. The fourth-order valence-corrected chi connectivity index (χ4v) is 3.65. The van der Waals surface area contributed by atoms with Crippen molar-refractivity contribution in [2.75, 3.05) is 7.11 Å². The molecule has 2 N–H and O–H groups in total. The van der Waals surface area contributed by atoms with E-state index in [4.69, 9.17) is 10.5 Å². The molecule has 94 valence electrons. The Bertz CT molecular complexity index is 372. The van der Waals surface area contributed by atoms with E-state index in [1.165, 1.54) is 23.3 Å². The Morgan fingerprint density at radius 1 is 1.24 bits per heavy atom. The zero-order valence-electron chi connectivity index (χ0n) is 10.6. The van der Waals surface area contributed by atoms with Crippen LogP contribution in [0.1, 0.15) is 31.2 Å². The van der Waals surface area contributed by atoms with Crippen LogP contribution in [-0.2, 0) is 0 Å². The number of aryl methyl sites for hydroxylation is 1. The van der Waals surface area contributed by atoms with Crippen molar-refractivity contribution < 1.29 is 4.74 Å². The predicted octanol–water partition coefficient (Wildman–Crippen LogP) is 3.37. The highest BCUT2D eigenvalue weighted by molar-refractivity contribution is 8.00. The molecule has 0 saturated heterocycles. The maximum Gasteiger partial charge on any atom is 0.132 e. The first-order valence-electron chi connectivity index (χ1n) is 6.26. The summed E-state index contributed by atoms with van der Waals surface area (Å²) in [5, 5.41) is 0.700. The molecule has 1 aliphatic carbocycles. The quantitative estimate of drug-likeness (QED) is 0.894. The van der Waals surface area contributed by atoms with Crippen LogP contribution in [0.4, 0.5) is 0 Å². The van der Waals surface area contributed by atoms with Crippen LogP contribution in [0, 0.1) is 6.92 Å². The highest BCUT2D eigenvalue weighted by Crippen LogP contribution is 2.38. The number of rotatable bonds is 3. The summed E-state index contributed by atoms with van der Waals surface area (Å²) in [6, 6.07) is 6.80. The van der Waals surface area contributed by atoms with Crippen molar-refractivity contribution in [2.24, 2.45) is 5.73 Å². The van der Waals surface area contributed by atoms with Crippen LogP contribution >= 0.6 is 11.8 Å². The molecule has 1 aromatic rings. The van der Waals surface area contributed by atoms with Gasteiger partial charge < -0.3 is 10.5 Å². The first kappa shape index (κ1) is 12.8. The van der Waals surface area contributed by atoms with Crippen molar-refractivity contribution in [3.8, 4) is 5.75 Å². The molecule has 17 heavy (non-hydrogen) atoms. The molecule has 0 amide bonds. The third-order valence-electron chi connectivity index (χ3n) is 3.33. The lowest BCUT2D eigenvalue weighted by atomic mass is 9.96. The first-order chi connectivity index (χ1) is 8.19. The molecule has 2 rings (SSSR count). The van der Waals surface area contributed by atoms with Gasteiger partial charge in [0.25, 0.3) is 0 Å². The Morgan fingerprint density at radius 3 is 2.59 bits per heavy atom. The van der Waals surface area contributed by atoms with E-state index < -0.39 is 0 Å². The monoisotopic (exact) mass is 251 g/mol. The Balaban J connectivity index is 2.04. The summed E-state index contributed by atoms with van der Waals surface area (Å²) in [7, 11) is 1.74. The van der Waals surface area contributed by atoms with Crippen LogP contribution in [0.3, 0.4) is 0 Å². The smallest absolute Gasteiger partial charge is 0.132 e. The van der Waals surface area contributed by atoms with Crippen molar-refractivity contribution in [3.63, 3.8) is 0 Å². The second-order valence-corrected chi connectivity index (χ2v) is 6.15. The van der Waals surface area contributed by atoms with E-state index in [-0.39, 0.29) is 0 Å². The molecule has 3 heteroatoms. The van der Waals surface area contributed by atoms with Gasteiger partial charge in [-0.2, -0.15) is 0 Å². The zero-order chi connectivity index (χ0) is 12.3. The van der Waals surface area contributed by atoms with Crippen molar-refractivity contribution in [3.05, 3.63) is 23.8 Å². The molecule has 0 radical (unpaired) electrons. The molecule has 1 aromatic carbocycles. The Hall–Kier alpha value is -0.670. The van der Waals surface area contributed by atoms with Crippen molar-refractivity contribution in [1.82, 2.24) is 0 Å². The van der Waals surface area contributed by atoms with E-state index in [2.05, 4.69) is 25.1 Å². The van der Waals surface area contributed by atoms with Crippen LogP contribution in [0.25, 0.3) is 0 Å². The average molecular weight is 251 g/mol. The Labute approximate surface area is 108 Å². The topological polar surface area (TPSA) is 35.2 Å². The number of hydrogen-bond acceptors (Lipinski definition) is 3. The second-order valence-electron chi connectivity index (χ2n) is 4.81. The molecule has 0 unspecified atom stereocenters. The average Bonchev–Trinajstić information content (AvgIpc) is 2.32. The fourth-order valence-electron chi connectivity index (χ4n) is 2.26. The van der Waals surface area contributed by atoms with Gasteiger partial charge in [0.15, 0.2) is 0 Å². The minimum absolute atomic E-state index is 0.422. The van der Waals surface area contributed by atoms with E-state index in [0.717, 1.165) is 18.6 Å². The lowest BCUT2D eigenvalue weighted by Crippen LogP contribution is -2.27. The van der Waals surface area contributed by atoms with Crippen molar-refractivity contribution in [2.45, 2.75) is 48.8 Å². The number of hydrogen-bond donors (Lipinski definition) is 1. The van der Waals surface area contributed by atoms with Crippen LogP contribution in [0.15, 0.2) is 23.1 Å². The van der Waals surface area contributed by atoms with Crippen LogP contribution < -0.4 is 10.5 Å². The van der Waals surface area contributed by atoms with Crippen molar-refractivity contribution in [1.29, 1.82) is 0 Å². The van der Waals surface area contributed by atoms with Gasteiger partial charge in [-0.25, -0.2) is 0 Å². The van der Waals surface area contributed by atoms with Gasteiger partial charge in [-0.05, 0) is 50.3 Å². The van der Waals surface area contributed by atoms with Crippen LogP contribution in [0.5, 0.6) is 5.75 Å². The van der Waals surface area contributed by atoms with Gasteiger partial charge in [-0.1, -0.05) is 6.07 Å². The molecule has 1 aliphatic rings. The van der Waals surface area contributed by atoms with Crippen LogP contribution in [0.2, 0.25) is 0 Å². The standard InChI is InChI=1S/C14H21NOS/c1-10-3-8-13(16-2)14(9-10)17-12-6-4-11(15)5-7-12/h3,8-9,11-12H,4-7,15H2,1-2H3. The summed E-state index contributed by atoms with van der Waals surface area (Å²) in [5.74, 6) is 0.996. The maximum atomic E-state index is 5.94. The zero-order valence-corrected chi connectivity index (χ0v) is 11.4. The lowest BCUT2D eigenvalue weighted by Gasteiger charge is -2.26. The molecule has 1 fully saturated rings. The molecular formula is C14H21NOS. The van der Waals surface area contributed by atoms with E-state index >= 15 is 0 Å². The fraction of sp³-hybridized carbons (Fsp3) is 0.571. The van der Waals surface area contributed by atoms with Crippen LogP contribution in [-0.4, -0.2) is 18.4 Å². The van der Waals surface area contributed by atoms with E-state index in [1.54, 1.807) is 7.11 Å². The van der Waals surface area contributed by atoms with Gasteiger partial charge in [-0.3, -0.25) is 0 Å². The largest absolute Gasteiger partial charge is 0.496 e. The van der Waals surface area contributed by atoms with Gasteiger partial charge in [0.2, 0.25) is 0 Å². The SMILES string of the molecule is COc1ccc(C)cc1SC1CCC(N)CC1. The molecule has 0 spiro atoms. The van der Waals surface area contributed by atoms with E-state index in [9.17, 15) is 0 Å². The third-order valence-corrected chi connectivity index (χ3v) is 4.71. The van der Waals surface area contributed by atoms with Crippen molar-refractivity contribution >= 4 is 11.8 Å². The van der Waals surface area contributed by atoms with Gasteiger partial charge in [0, 0.05) is 16.2 Å². The molecular weight excluding hydrogens is 230 g/mol. The molecule has 0 aliphatic heterocycles. The minimum atomic E-state index is 0.422. The van der Waals surface area contributed by atoms with Gasteiger partial charge in [0.05, 0.1) is 7.11 Å². The summed E-state index contributed by atoms with van der Waals surface area (Å²) in [6.45, 7) is 2.13.